The molecule has 0 saturated heterocycles. The Labute approximate surface area is 89.6 Å². The number of nitrogens with two attached hydrogens (primary N) is 1. The van der Waals surface area contributed by atoms with E-state index < -0.39 is 0 Å². The Balaban J connectivity index is 2.95. The van der Waals surface area contributed by atoms with Crippen LogP contribution >= 0.6 is 0 Å². The van der Waals surface area contributed by atoms with Crippen LogP contribution in [0.15, 0.2) is 6.20 Å². The van der Waals surface area contributed by atoms with E-state index in [0.29, 0.717) is 17.9 Å². The van der Waals surface area contributed by atoms with Crippen molar-refractivity contribution in [3.8, 4) is 0 Å². The van der Waals surface area contributed by atoms with Crippen LogP contribution in [0.4, 0.5) is 5.69 Å². The Bertz CT molecular complexity index is 362. The fourth-order valence-electron chi connectivity index (χ4n) is 1.29. The molecular weight excluding hydrogens is 192 g/mol. The van der Waals surface area contributed by atoms with Gasteiger partial charge in [-0.05, 0) is 27.7 Å². The third-order valence-electron chi connectivity index (χ3n) is 1.87. The summed E-state index contributed by atoms with van der Waals surface area (Å²) in [4.78, 5) is 11.9. The van der Waals surface area contributed by atoms with Gasteiger partial charge >= 0.3 is 0 Å². The number of rotatable bonds is 2. The standard InChI is InChI=1S/C10H18N4O/c1-5-14-8(7(11)6-12-14)9(15)13-10(2,3)4/h6H,5,11H2,1-4H3,(H,13,15). The molecule has 15 heavy (non-hydrogen) atoms. The summed E-state index contributed by atoms with van der Waals surface area (Å²) in [5.74, 6) is -0.181. The highest BCUT2D eigenvalue weighted by Crippen LogP contribution is 2.12. The Morgan fingerprint density at radius 1 is 1.60 bits per heavy atom. The molecule has 1 aromatic rings. The Hall–Kier alpha value is -1.52. The Morgan fingerprint density at radius 2 is 2.20 bits per heavy atom. The first kappa shape index (κ1) is 11.6. The second-order valence-electron chi connectivity index (χ2n) is 4.47. The quantitative estimate of drug-likeness (QED) is 0.765. The molecule has 1 rings (SSSR count). The highest BCUT2D eigenvalue weighted by Gasteiger charge is 2.20. The maximum atomic E-state index is 11.9. The first-order valence-electron chi connectivity index (χ1n) is 4.99. The molecule has 0 radical (unpaired) electrons. The van der Waals surface area contributed by atoms with E-state index in [9.17, 15) is 4.79 Å². The third kappa shape index (κ3) is 2.71. The lowest BCUT2D eigenvalue weighted by Crippen LogP contribution is -2.41. The van der Waals surface area contributed by atoms with Gasteiger partial charge in [0, 0.05) is 12.1 Å². The summed E-state index contributed by atoms with van der Waals surface area (Å²) in [6, 6.07) is 0. The number of hydrogen-bond donors (Lipinski definition) is 2. The van der Waals surface area contributed by atoms with Crippen molar-refractivity contribution in [3.63, 3.8) is 0 Å². The van der Waals surface area contributed by atoms with Crippen LogP contribution in [0.3, 0.4) is 0 Å². The van der Waals surface area contributed by atoms with Crippen molar-refractivity contribution in [3.05, 3.63) is 11.9 Å². The summed E-state index contributed by atoms with van der Waals surface area (Å²) in [6.07, 6.45) is 1.50. The minimum Gasteiger partial charge on any atom is -0.396 e. The van der Waals surface area contributed by atoms with Crippen molar-refractivity contribution in [1.82, 2.24) is 15.1 Å². The van der Waals surface area contributed by atoms with Crippen molar-refractivity contribution >= 4 is 11.6 Å². The van der Waals surface area contributed by atoms with Crippen LogP contribution in [0.1, 0.15) is 38.2 Å². The summed E-state index contributed by atoms with van der Waals surface area (Å²) in [6.45, 7) is 8.32. The van der Waals surface area contributed by atoms with Gasteiger partial charge in [-0.2, -0.15) is 5.10 Å². The van der Waals surface area contributed by atoms with Crippen LogP contribution in [-0.4, -0.2) is 21.2 Å². The lowest BCUT2D eigenvalue weighted by molar-refractivity contribution is 0.0909. The van der Waals surface area contributed by atoms with Crippen LogP contribution in [0.5, 0.6) is 0 Å². The number of aryl methyl sites for hydroxylation is 1. The molecule has 1 aromatic heterocycles. The van der Waals surface area contributed by atoms with E-state index in [0.717, 1.165) is 0 Å². The predicted molar refractivity (Wildman–Crippen MR) is 59.5 cm³/mol. The molecule has 0 aliphatic heterocycles. The summed E-state index contributed by atoms with van der Waals surface area (Å²) < 4.78 is 1.59. The van der Waals surface area contributed by atoms with E-state index in [2.05, 4.69) is 10.4 Å². The maximum absolute atomic E-state index is 11.9. The number of nitrogens with zero attached hydrogens (tertiary/aromatic N) is 2. The fraction of sp³-hybridized carbons (Fsp3) is 0.600. The maximum Gasteiger partial charge on any atom is 0.272 e. The fourth-order valence-corrected chi connectivity index (χ4v) is 1.29. The van der Waals surface area contributed by atoms with Crippen molar-refractivity contribution < 1.29 is 4.79 Å². The van der Waals surface area contributed by atoms with E-state index in [1.807, 2.05) is 27.7 Å². The van der Waals surface area contributed by atoms with Gasteiger partial charge in [0.05, 0.1) is 11.9 Å². The van der Waals surface area contributed by atoms with Gasteiger partial charge in [0.15, 0.2) is 0 Å². The first-order valence-corrected chi connectivity index (χ1v) is 4.99. The SMILES string of the molecule is CCn1ncc(N)c1C(=O)NC(C)(C)C. The number of hydrogen-bond acceptors (Lipinski definition) is 3. The summed E-state index contributed by atoms with van der Waals surface area (Å²) in [5, 5.41) is 6.87. The van der Waals surface area contributed by atoms with Crippen molar-refractivity contribution in [1.29, 1.82) is 0 Å². The number of aromatic nitrogens is 2. The number of nitrogen functional groups attached to an aromatic ring is 1. The zero-order valence-electron chi connectivity index (χ0n) is 9.66. The minimum absolute atomic E-state index is 0.181. The molecular formula is C10H18N4O. The molecule has 0 bridgehead atoms. The number of anilines is 1. The zero-order valence-corrected chi connectivity index (χ0v) is 9.66. The number of amides is 1. The molecule has 1 amide bonds. The molecule has 84 valence electrons. The van der Waals surface area contributed by atoms with Crippen LogP contribution < -0.4 is 11.1 Å². The molecule has 5 heteroatoms. The zero-order chi connectivity index (χ0) is 11.6. The summed E-state index contributed by atoms with van der Waals surface area (Å²) >= 11 is 0. The van der Waals surface area contributed by atoms with Crippen LogP contribution in [0, 0.1) is 0 Å². The number of carbonyl (C=O) groups excluding carboxylic acids is 1. The number of nitrogens with one attached hydrogen (secondary N) is 1. The molecule has 5 nitrogen and oxygen atoms in total. The highest BCUT2D eigenvalue weighted by atomic mass is 16.2. The van der Waals surface area contributed by atoms with E-state index in [1.165, 1.54) is 6.20 Å². The van der Waals surface area contributed by atoms with Crippen molar-refractivity contribution in [2.45, 2.75) is 39.8 Å². The van der Waals surface area contributed by atoms with E-state index in [4.69, 9.17) is 5.73 Å². The Kier molecular flexibility index (Phi) is 3.02. The van der Waals surface area contributed by atoms with Crippen LogP contribution in [-0.2, 0) is 6.54 Å². The molecule has 0 unspecified atom stereocenters. The summed E-state index contributed by atoms with van der Waals surface area (Å²) in [5.41, 5.74) is 6.27. The lowest BCUT2D eigenvalue weighted by Gasteiger charge is -2.20. The lowest BCUT2D eigenvalue weighted by atomic mass is 10.1. The van der Waals surface area contributed by atoms with Gasteiger partial charge in [0.1, 0.15) is 5.69 Å². The van der Waals surface area contributed by atoms with Crippen molar-refractivity contribution in [2.24, 2.45) is 0 Å². The second-order valence-corrected chi connectivity index (χ2v) is 4.47. The van der Waals surface area contributed by atoms with Gasteiger partial charge in [-0.3, -0.25) is 9.48 Å². The molecule has 0 atom stereocenters. The monoisotopic (exact) mass is 210 g/mol. The van der Waals surface area contributed by atoms with Gasteiger partial charge in [0.25, 0.3) is 5.91 Å². The predicted octanol–water partition coefficient (Wildman–Crippen LogP) is 1.01. The van der Waals surface area contributed by atoms with Gasteiger partial charge in [-0.25, -0.2) is 0 Å². The molecule has 0 aliphatic rings. The highest BCUT2D eigenvalue weighted by molar-refractivity contribution is 5.97. The second kappa shape index (κ2) is 3.92. The smallest absolute Gasteiger partial charge is 0.272 e. The van der Waals surface area contributed by atoms with Gasteiger partial charge in [-0.1, -0.05) is 0 Å². The van der Waals surface area contributed by atoms with Gasteiger partial charge in [0.2, 0.25) is 0 Å². The third-order valence-corrected chi connectivity index (χ3v) is 1.87. The van der Waals surface area contributed by atoms with Gasteiger partial charge < -0.3 is 11.1 Å². The molecule has 0 aliphatic carbocycles. The van der Waals surface area contributed by atoms with E-state index in [1.54, 1.807) is 4.68 Å². The first-order chi connectivity index (χ1) is 6.85. The molecule has 3 N–H and O–H groups in total. The largest absolute Gasteiger partial charge is 0.396 e. The summed E-state index contributed by atoms with van der Waals surface area (Å²) in [7, 11) is 0. The van der Waals surface area contributed by atoms with E-state index in [-0.39, 0.29) is 11.4 Å². The number of carbonyl (C=O) groups is 1. The average molecular weight is 210 g/mol. The molecule has 0 aromatic carbocycles. The van der Waals surface area contributed by atoms with Crippen LogP contribution in [0.25, 0.3) is 0 Å². The minimum atomic E-state index is -0.271. The molecule has 0 fully saturated rings. The molecule has 0 saturated carbocycles. The average Bonchev–Trinajstić information content (AvgIpc) is 2.43. The topological polar surface area (TPSA) is 72.9 Å². The molecule has 0 spiro atoms. The van der Waals surface area contributed by atoms with Gasteiger partial charge in [-0.15, -0.1) is 0 Å². The normalized spacial score (nSPS) is 11.5. The van der Waals surface area contributed by atoms with Crippen LogP contribution in [0.2, 0.25) is 0 Å². The Morgan fingerprint density at radius 3 is 2.67 bits per heavy atom. The molecule has 1 heterocycles. The van der Waals surface area contributed by atoms with Crippen molar-refractivity contribution in [2.75, 3.05) is 5.73 Å². The van der Waals surface area contributed by atoms with E-state index >= 15 is 0 Å².